The first-order chi connectivity index (χ1) is 15.9. The molecule has 1 unspecified atom stereocenters. The summed E-state index contributed by atoms with van der Waals surface area (Å²) in [5.41, 5.74) is 0. The minimum Gasteiger partial charge on any atom is -0.481 e. The van der Waals surface area contributed by atoms with E-state index in [1.54, 1.807) is 0 Å². The Bertz CT molecular complexity index is 509. The van der Waals surface area contributed by atoms with Gasteiger partial charge < -0.3 is 24.8 Å². The van der Waals surface area contributed by atoms with E-state index in [-0.39, 0.29) is 13.0 Å². The lowest BCUT2D eigenvalue weighted by molar-refractivity contribution is -0.162. The quantitative estimate of drug-likeness (QED) is 0.145. The van der Waals surface area contributed by atoms with Crippen LogP contribution in [0.2, 0.25) is 0 Å². The van der Waals surface area contributed by atoms with Crippen molar-refractivity contribution in [3.05, 3.63) is 0 Å². The van der Waals surface area contributed by atoms with Gasteiger partial charge in [-0.05, 0) is 6.42 Å². The Morgan fingerprint density at radius 1 is 0.667 bits per heavy atom. The predicted octanol–water partition coefficient (Wildman–Crippen LogP) is 4.53. The molecule has 0 fully saturated rings. The molecule has 0 spiro atoms. The van der Waals surface area contributed by atoms with Gasteiger partial charge in [0.2, 0.25) is 0 Å². The second-order valence-corrected chi connectivity index (χ2v) is 8.78. The van der Waals surface area contributed by atoms with Crippen LogP contribution in [0.4, 0.5) is 0 Å². The molecule has 0 saturated heterocycles. The number of aliphatic hydroxyl groups excluding tert-OH is 2. The van der Waals surface area contributed by atoms with E-state index in [9.17, 15) is 24.6 Å². The Labute approximate surface area is 199 Å². The average Bonchev–Trinajstić information content (AvgIpc) is 2.78. The first kappa shape index (κ1) is 31.3. The number of carbonyl (C=O) groups is 3. The molecule has 0 rings (SSSR count). The summed E-state index contributed by atoms with van der Waals surface area (Å²) >= 11 is 0. The van der Waals surface area contributed by atoms with Gasteiger partial charge in [0.15, 0.2) is 6.10 Å². The van der Waals surface area contributed by atoms with Crippen molar-refractivity contribution >= 4 is 17.9 Å². The number of rotatable bonds is 23. The van der Waals surface area contributed by atoms with Gasteiger partial charge in [0.25, 0.3) is 0 Å². The molecule has 0 aromatic heterocycles. The van der Waals surface area contributed by atoms with Crippen molar-refractivity contribution in [2.24, 2.45) is 0 Å². The monoisotopic (exact) mass is 474 g/mol. The zero-order valence-corrected chi connectivity index (χ0v) is 20.5. The minimum absolute atomic E-state index is 0.280. The molecule has 0 aliphatic heterocycles. The van der Waals surface area contributed by atoms with Crippen LogP contribution in [0.1, 0.15) is 116 Å². The molecule has 8 nitrogen and oxygen atoms in total. The van der Waals surface area contributed by atoms with E-state index in [2.05, 4.69) is 11.7 Å². The van der Waals surface area contributed by atoms with E-state index in [1.807, 2.05) is 0 Å². The number of unbranched alkanes of at least 4 members (excludes halogenated alkanes) is 14. The highest BCUT2D eigenvalue weighted by atomic mass is 16.6. The first-order valence-corrected chi connectivity index (χ1v) is 12.8. The fourth-order valence-electron chi connectivity index (χ4n) is 3.47. The van der Waals surface area contributed by atoms with Crippen LogP contribution in [0.3, 0.4) is 0 Å². The number of esters is 2. The highest BCUT2D eigenvalue weighted by Gasteiger charge is 2.21. The first-order valence-electron chi connectivity index (χ1n) is 12.8. The van der Waals surface area contributed by atoms with E-state index in [0.717, 1.165) is 19.3 Å². The molecule has 0 aromatic rings. The summed E-state index contributed by atoms with van der Waals surface area (Å²) in [5.74, 6) is -2.89. The second-order valence-electron chi connectivity index (χ2n) is 8.78. The number of carbonyl (C=O) groups excluding carboxylic acids is 2. The lowest BCUT2D eigenvalue weighted by Crippen LogP contribution is -2.31. The molecule has 0 aromatic carbocycles. The average molecular weight is 475 g/mol. The van der Waals surface area contributed by atoms with Gasteiger partial charge in [-0.25, -0.2) is 4.79 Å². The molecule has 0 aliphatic rings. The number of hydrogen-bond acceptors (Lipinski definition) is 7. The van der Waals surface area contributed by atoms with Crippen molar-refractivity contribution in [2.45, 2.75) is 128 Å². The Morgan fingerprint density at radius 3 is 1.55 bits per heavy atom. The number of aliphatic carboxylic acids is 1. The van der Waals surface area contributed by atoms with Crippen LogP contribution in [-0.2, 0) is 23.9 Å². The summed E-state index contributed by atoms with van der Waals surface area (Å²) in [6.45, 7) is 1.44. The zero-order chi connectivity index (χ0) is 24.7. The summed E-state index contributed by atoms with van der Waals surface area (Å²) in [5, 5.41) is 27.4. The summed E-state index contributed by atoms with van der Waals surface area (Å²) in [6, 6.07) is 0. The van der Waals surface area contributed by atoms with Crippen LogP contribution >= 0.6 is 0 Å². The summed E-state index contributed by atoms with van der Waals surface area (Å²) in [6.07, 6.45) is 15.2. The molecule has 0 aliphatic carbocycles. The molecule has 0 heterocycles. The molecule has 194 valence electrons. The molecule has 33 heavy (non-hydrogen) atoms. The topological polar surface area (TPSA) is 130 Å². The van der Waals surface area contributed by atoms with Crippen molar-refractivity contribution in [3.8, 4) is 0 Å². The molecule has 8 heteroatoms. The van der Waals surface area contributed by atoms with Gasteiger partial charge in [-0.1, -0.05) is 96.8 Å². The lowest BCUT2D eigenvalue weighted by Gasteiger charge is -2.13. The Balaban J connectivity index is 3.45. The van der Waals surface area contributed by atoms with Gasteiger partial charge in [-0.2, -0.15) is 0 Å². The standard InChI is InChI=1S/C25H46O8/c1-2-3-4-5-6-7-8-9-10-11-12-13-14-15-16-17-24(30)32-19-21(26)20-33-25(31)22(27)18-23(28)29/h21-22,26-27H,2-20H2,1H3,(H,28,29)/t21?,22-/m1/s1. The van der Waals surface area contributed by atoms with Crippen LogP contribution in [-0.4, -0.2) is 58.6 Å². The Kier molecular flexibility index (Phi) is 21.0. The van der Waals surface area contributed by atoms with Crippen LogP contribution in [0.25, 0.3) is 0 Å². The van der Waals surface area contributed by atoms with Crippen LogP contribution < -0.4 is 0 Å². The van der Waals surface area contributed by atoms with Crippen molar-refractivity contribution < 1.29 is 39.2 Å². The third kappa shape index (κ3) is 21.9. The fourth-order valence-corrected chi connectivity index (χ4v) is 3.47. The molecule has 0 saturated carbocycles. The van der Waals surface area contributed by atoms with Crippen LogP contribution in [0.5, 0.6) is 0 Å². The Morgan fingerprint density at radius 2 is 1.09 bits per heavy atom. The summed E-state index contributed by atoms with van der Waals surface area (Å²) in [7, 11) is 0. The lowest BCUT2D eigenvalue weighted by atomic mass is 10.0. The van der Waals surface area contributed by atoms with Gasteiger partial charge in [-0.3, -0.25) is 9.59 Å². The van der Waals surface area contributed by atoms with Gasteiger partial charge in [0.1, 0.15) is 19.3 Å². The summed E-state index contributed by atoms with van der Waals surface area (Å²) in [4.78, 5) is 33.4. The van der Waals surface area contributed by atoms with E-state index in [0.29, 0.717) is 0 Å². The maximum atomic E-state index is 11.7. The maximum Gasteiger partial charge on any atom is 0.335 e. The van der Waals surface area contributed by atoms with Crippen molar-refractivity contribution in [2.75, 3.05) is 13.2 Å². The number of aliphatic hydroxyl groups is 2. The van der Waals surface area contributed by atoms with Crippen molar-refractivity contribution in [1.82, 2.24) is 0 Å². The molecule has 0 amide bonds. The van der Waals surface area contributed by atoms with Crippen LogP contribution in [0.15, 0.2) is 0 Å². The Hall–Kier alpha value is -1.67. The van der Waals surface area contributed by atoms with Crippen molar-refractivity contribution in [3.63, 3.8) is 0 Å². The number of carboxylic acid groups (broad SMARTS) is 1. The van der Waals surface area contributed by atoms with E-state index >= 15 is 0 Å². The molecule has 3 N–H and O–H groups in total. The van der Waals surface area contributed by atoms with Crippen LogP contribution in [0, 0.1) is 0 Å². The highest BCUT2D eigenvalue weighted by Crippen LogP contribution is 2.13. The van der Waals surface area contributed by atoms with Gasteiger partial charge in [-0.15, -0.1) is 0 Å². The van der Waals surface area contributed by atoms with Crippen molar-refractivity contribution in [1.29, 1.82) is 0 Å². The molecule has 0 bridgehead atoms. The molecule has 2 atom stereocenters. The fraction of sp³-hybridized carbons (Fsp3) is 0.880. The third-order valence-corrected chi connectivity index (χ3v) is 5.48. The smallest absolute Gasteiger partial charge is 0.335 e. The second kappa shape index (κ2) is 22.1. The molecular formula is C25H46O8. The molecule has 0 radical (unpaired) electrons. The predicted molar refractivity (Wildman–Crippen MR) is 126 cm³/mol. The maximum absolute atomic E-state index is 11.7. The van der Waals surface area contributed by atoms with Gasteiger partial charge in [0, 0.05) is 6.42 Å². The van der Waals surface area contributed by atoms with E-state index < -0.39 is 43.1 Å². The van der Waals surface area contributed by atoms with Gasteiger partial charge >= 0.3 is 17.9 Å². The zero-order valence-electron chi connectivity index (χ0n) is 20.5. The SMILES string of the molecule is CCCCCCCCCCCCCCCCCC(=O)OCC(O)COC(=O)[C@H](O)CC(=O)O. The van der Waals surface area contributed by atoms with E-state index in [1.165, 1.54) is 77.0 Å². The van der Waals surface area contributed by atoms with Gasteiger partial charge in [0.05, 0.1) is 6.42 Å². The minimum atomic E-state index is -1.79. The number of carboxylic acids is 1. The highest BCUT2D eigenvalue weighted by molar-refractivity contribution is 5.80. The van der Waals surface area contributed by atoms with E-state index in [4.69, 9.17) is 9.84 Å². The normalized spacial score (nSPS) is 12.8. The number of ether oxygens (including phenoxy) is 2. The molecular weight excluding hydrogens is 428 g/mol. The largest absolute Gasteiger partial charge is 0.481 e. The third-order valence-electron chi connectivity index (χ3n) is 5.48. The number of hydrogen-bond donors (Lipinski definition) is 3. The summed E-state index contributed by atoms with van der Waals surface area (Å²) < 4.78 is 9.54.